The zero-order chi connectivity index (χ0) is 33.3. The number of aromatic hydroxyl groups is 1. The number of benzene rings is 3. The predicted molar refractivity (Wildman–Crippen MR) is 179 cm³/mol. The summed E-state index contributed by atoms with van der Waals surface area (Å²) in [6.07, 6.45) is -0.495. The largest absolute Gasteiger partial charge is 0.506 e. The smallest absolute Gasteiger partial charge is 0.264 e. The molecule has 0 bridgehead atoms. The van der Waals surface area contributed by atoms with Crippen LogP contribution in [-0.4, -0.2) is 76.1 Å². The van der Waals surface area contributed by atoms with Crippen LogP contribution in [0.4, 0.5) is 23.3 Å². The number of aromatic nitrogens is 3. The molecule has 0 spiro atoms. The lowest BCUT2D eigenvalue weighted by Crippen LogP contribution is -2.53. The fourth-order valence-electron chi connectivity index (χ4n) is 6.13. The van der Waals surface area contributed by atoms with Crippen molar-refractivity contribution in [2.75, 3.05) is 27.6 Å². The molecule has 1 aliphatic heterocycles. The highest BCUT2D eigenvalue weighted by atomic mass is 32.2. The number of phenolic OH excluding ortho intramolecular Hbond substituents is 1. The van der Waals surface area contributed by atoms with Gasteiger partial charge in [-0.3, -0.25) is 4.31 Å². The number of nitrogens with two attached hydrogens (primary N) is 2. The van der Waals surface area contributed by atoms with Gasteiger partial charge in [0.2, 0.25) is 11.9 Å². The molecule has 13 nitrogen and oxygen atoms in total. The Balaban J connectivity index is 1.33. The molecule has 1 saturated heterocycles. The Morgan fingerprint density at radius 3 is 2.19 bits per heavy atom. The molecule has 2 fully saturated rings. The lowest BCUT2D eigenvalue weighted by Gasteiger charge is -2.34. The Morgan fingerprint density at radius 2 is 1.55 bits per heavy atom. The molecule has 4 aromatic rings. The average molecular weight is 661 g/mol. The number of hydrogen-bond donors (Lipinski definition) is 6. The third-order valence-corrected chi connectivity index (χ3v) is 10.4. The van der Waals surface area contributed by atoms with Gasteiger partial charge in [-0.2, -0.15) is 15.0 Å². The molecule has 3 aromatic carbocycles. The molecular formula is C33H40N8O5S. The van der Waals surface area contributed by atoms with E-state index in [0.29, 0.717) is 49.8 Å². The summed E-state index contributed by atoms with van der Waals surface area (Å²) in [4.78, 5) is 15.9. The van der Waals surface area contributed by atoms with Crippen LogP contribution in [0.25, 0.3) is 0 Å². The van der Waals surface area contributed by atoms with Gasteiger partial charge in [0, 0.05) is 42.8 Å². The van der Waals surface area contributed by atoms with Crippen molar-refractivity contribution < 1.29 is 23.7 Å². The van der Waals surface area contributed by atoms with Gasteiger partial charge in [-0.25, -0.2) is 8.42 Å². The number of rotatable bonds is 9. The minimum absolute atomic E-state index is 0.00320. The number of sulfonamides is 1. The van der Waals surface area contributed by atoms with E-state index in [1.165, 1.54) is 16.4 Å². The molecule has 2 aliphatic rings. The van der Waals surface area contributed by atoms with Gasteiger partial charge in [-0.1, -0.05) is 48.0 Å². The molecule has 8 N–H and O–H groups in total. The number of phenols is 1. The number of hydrogen-bond acceptors (Lipinski definition) is 12. The highest BCUT2D eigenvalue weighted by Gasteiger charge is 2.35. The van der Waals surface area contributed by atoms with E-state index in [9.17, 15) is 23.7 Å². The van der Waals surface area contributed by atoms with Crippen molar-refractivity contribution in [3.8, 4) is 5.75 Å². The second-order valence-corrected chi connectivity index (χ2v) is 14.3. The van der Waals surface area contributed by atoms with Gasteiger partial charge < -0.3 is 37.0 Å². The van der Waals surface area contributed by atoms with Gasteiger partial charge in [0.25, 0.3) is 10.0 Å². The van der Waals surface area contributed by atoms with Gasteiger partial charge in [-0.15, -0.1) is 0 Å². The Labute approximate surface area is 274 Å². The van der Waals surface area contributed by atoms with Crippen LogP contribution < -0.4 is 26.0 Å². The maximum absolute atomic E-state index is 13.9. The van der Waals surface area contributed by atoms with Gasteiger partial charge in [0.05, 0.1) is 29.3 Å². The predicted octanol–water partition coefficient (Wildman–Crippen LogP) is 2.49. The van der Waals surface area contributed by atoms with Crippen molar-refractivity contribution >= 4 is 33.3 Å². The third-order valence-electron chi connectivity index (χ3n) is 8.58. The zero-order valence-corrected chi connectivity index (χ0v) is 26.8. The minimum Gasteiger partial charge on any atom is -0.506 e. The fourth-order valence-corrected chi connectivity index (χ4v) is 7.60. The Bertz CT molecular complexity index is 1790. The monoisotopic (exact) mass is 660 g/mol. The number of aryl methyl sites for hydroxylation is 1. The van der Waals surface area contributed by atoms with Crippen LogP contribution in [0.15, 0.2) is 77.7 Å². The molecule has 2 heterocycles. The van der Waals surface area contributed by atoms with E-state index < -0.39 is 22.2 Å². The van der Waals surface area contributed by atoms with Crippen LogP contribution in [0.2, 0.25) is 0 Å². The maximum Gasteiger partial charge on any atom is 0.264 e. The van der Waals surface area contributed by atoms with Crippen molar-refractivity contribution in [1.82, 2.24) is 15.0 Å². The zero-order valence-electron chi connectivity index (χ0n) is 26.0. The number of aliphatic hydroxyl groups is 2. The van der Waals surface area contributed by atoms with Gasteiger partial charge in [-0.05, 0) is 56.0 Å². The normalized spacial score (nSPS) is 23.1. The number of aliphatic hydroxyl groups excluding tert-OH is 2. The van der Waals surface area contributed by atoms with Crippen LogP contribution in [0, 0.1) is 6.92 Å². The van der Waals surface area contributed by atoms with Crippen molar-refractivity contribution in [2.24, 2.45) is 11.5 Å². The first kappa shape index (κ1) is 32.6. The Morgan fingerprint density at radius 1 is 0.894 bits per heavy atom. The molecule has 1 aromatic heterocycles. The molecule has 14 heteroatoms. The van der Waals surface area contributed by atoms with Gasteiger partial charge in [0.15, 0.2) is 0 Å². The second-order valence-electron chi connectivity index (χ2n) is 12.4. The van der Waals surface area contributed by atoms with E-state index in [-0.39, 0.29) is 46.8 Å². The van der Waals surface area contributed by atoms with Crippen molar-refractivity contribution in [3.63, 3.8) is 0 Å². The molecule has 1 saturated carbocycles. The van der Waals surface area contributed by atoms with Crippen LogP contribution in [0.3, 0.4) is 0 Å². The first-order chi connectivity index (χ1) is 22.5. The number of nitrogens with one attached hydrogen (secondary N) is 1. The molecule has 0 radical (unpaired) electrons. The van der Waals surface area contributed by atoms with E-state index >= 15 is 0 Å². The quantitative estimate of drug-likeness (QED) is 0.153. The lowest BCUT2D eigenvalue weighted by atomic mass is 10.0. The summed E-state index contributed by atoms with van der Waals surface area (Å²) in [6, 6.07) is 20.0. The lowest BCUT2D eigenvalue weighted by molar-refractivity contribution is 0.0438. The van der Waals surface area contributed by atoms with Gasteiger partial charge in [0.1, 0.15) is 11.6 Å². The second kappa shape index (κ2) is 13.4. The molecule has 5 atom stereocenters. The number of piperidine rings is 1. The van der Waals surface area contributed by atoms with Crippen LogP contribution in [-0.2, 0) is 16.6 Å². The average Bonchev–Trinajstić information content (AvgIpc) is 3.38. The minimum atomic E-state index is -4.06. The topological polar surface area (TPSA) is 204 Å². The number of nitrogens with zero attached hydrogens (tertiary/aromatic N) is 5. The molecule has 47 heavy (non-hydrogen) atoms. The van der Waals surface area contributed by atoms with E-state index in [4.69, 9.17) is 11.5 Å². The standard InChI is InChI=1S/C33H40N8O5S/c1-20-7-10-26(11-8-20)47(45,46)41(17-21-5-3-2-4-6-21)27-12-9-25(16-28(27)42)36-32-37-31(22-13-29(43)30(44)14-22)38-33(39-32)40-18-23(34)15-24(35)19-40/h2-12,16,22-24,29-30,42-44H,13-15,17-19,34-35H2,1H3,(H,36,37,38,39)/t22?,23-,24+,29-,30+. The summed E-state index contributed by atoms with van der Waals surface area (Å²) < 4.78 is 29.1. The summed E-state index contributed by atoms with van der Waals surface area (Å²) in [5.74, 6) is 0.363. The summed E-state index contributed by atoms with van der Waals surface area (Å²) in [5, 5.41) is 34.8. The molecular weight excluding hydrogens is 620 g/mol. The van der Waals surface area contributed by atoms with Crippen LogP contribution in [0.1, 0.15) is 42.1 Å². The third kappa shape index (κ3) is 7.31. The number of anilines is 4. The van der Waals surface area contributed by atoms with E-state index in [2.05, 4.69) is 20.3 Å². The Kier molecular flexibility index (Phi) is 9.30. The van der Waals surface area contributed by atoms with Crippen molar-refractivity contribution in [2.45, 2.75) is 67.8 Å². The summed E-state index contributed by atoms with van der Waals surface area (Å²) in [6.45, 7) is 2.87. The SMILES string of the molecule is Cc1ccc(S(=O)(=O)N(Cc2ccccc2)c2ccc(Nc3nc(C4C[C@@H](O)[C@@H](O)C4)nc(N4C[C@H](N)C[C@H](N)C4)n3)cc2O)cc1. The summed E-state index contributed by atoms with van der Waals surface area (Å²) in [5.41, 5.74) is 14.7. The van der Waals surface area contributed by atoms with E-state index in [1.807, 2.05) is 42.2 Å². The van der Waals surface area contributed by atoms with Crippen LogP contribution in [0.5, 0.6) is 5.75 Å². The summed E-state index contributed by atoms with van der Waals surface area (Å²) >= 11 is 0. The highest BCUT2D eigenvalue weighted by Crippen LogP contribution is 2.37. The van der Waals surface area contributed by atoms with E-state index in [1.54, 1.807) is 30.3 Å². The molecule has 1 aliphatic carbocycles. The maximum atomic E-state index is 13.9. The first-order valence-electron chi connectivity index (χ1n) is 15.6. The molecule has 6 rings (SSSR count). The summed E-state index contributed by atoms with van der Waals surface area (Å²) in [7, 11) is -4.06. The van der Waals surface area contributed by atoms with Crippen molar-refractivity contribution in [3.05, 3.63) is 89.7 Å². The van der Waals surface area contributed by atoms with Gasteiger partial charge >= 0.3 is 0 Å². The molecule has 1 unspecified atom stereocenters. The van der Waals surface area contributed by atoms with Crippen LogP contribution >= 0.6 is 0 Å². The first-order valence-corrected chi connectivity index (χ1v) is 17.0. The van der Waals surface area contributed by atoms with E-state index in [0.717, 1.165) is 11.1 Å². The van der Waals surface area contributed by atoms with Crippen molar-refractivity contribution in [1.29, 1.82) is 0 Å². The molecule has 0 amide bonds. The molecule has 248 valence electrons. The fraction of sp³-hybridized carbons (Fsp3) is 0.364. The Hall–Kier alpha value is -4.34. The highest BCUT2D eigenvalue weighted by molar-refractivity contribution is 7.92.